The first-order valence-corrected chi connectivity index (χ1v) is 7.01. The summed E-state index contributed by atoms with van der Waals surface area (Å²) in [6.07, 6.45) is 0.922. The molecule has 0 aromatic heterocycles. The van der Waals surface area contributed by atoms with Crippen LogP contribution in [0.2, 0.25) is 0 Å². The Kier molecular flexibility index (Phi) is 13.7. The van der Waals surface area contributed by atoms with Crippen LogP contribution >= 0.6 is 0 Å². The first-order valence-electron chi connectivity index (χ1n) is 7.01. The zero-order valence-electron chi connectivity index (χ0n) is 12.4. The van der Waals surface area contributed by atoms with Gasteiger partial charge >= 0.3 is 0 Å². The number of likely N-dealkylation sites (N-methyl/N-ethyl adjacent to an activating group) is 2. The Bertz CT molecular complexity index is 252. The van der Waals surface area contributed by atoms with Gasteiger partial charge in [0.05, 0.1) is 32.5 Å². The Balaban J connectivity index is 3.48. The van der Waals surface area contributed by atoms with Gasteiger partial charge in [0, 0.05) is 19.5 Å². The standard InChI is InChI=1S/C13H27N3O4/c1-3-15-12(4-7-17)13(18)16-6-9-20-11-10-19-8-5-14-2/h7,12,14-15H,3-6,8-11H2,1-2H3,(H,16,18)/t12-/m0/s1. The van der Waals surface area contributed by atoms with E-state index in [-0.39, 0.29) is 12.3 Å². The van der Waals surface area contributed by atoms with Crippen LogP contribution in [-0.4, -0.2) is 71.3 Å². The number of aldehydes is 1. The molecule has 0 bridgehead atoms. The molecule has 0 aliphatic heterocycles. The average molecular weight is 289 g/mol. The molecular weight excluding hydrogens is 262 g/mol. The van der Waals surface area contributed by atoms with Crippen LogP contribution in [0.3, 0.4) is 0 Å². The Morgan fingerprint density at radius 3 is 2.35 bits per heavy atom. The first kappa shape index (κ1) is 19.0. The van der Waals surface area contributed by atoms with E-state index in [1.807, 2.05) is 14.0 Å². The van der Waals surface area contributed by atoms with Crippen molar-refractivity contribution in [3.8, 4) is 0 Å². The summed E-state index contributed by atoms with van der Waals surface area (Å²) >= 11 is 0. The number of ether oxygens (including phenoxy) is 2. The molecule has 7 nitrogen and oxygen atoms in total. The molecule has 7 heteroatoms. The molecule has 1 amide bonds. The van der Waals surface area contributed by atoms with Crippen molar-refractivity contribution < 1.29 is 19.1 Å². The van der Waals surface area contributed by atoms with Crippen molar-refractivity contribution in [2.75, 3.05) is 53.1 Å². The topological polar surface area (TPSA) is 88.7 Å². The van der Waals surface area contributed by atoms with Crippen molar-refractivity contribution >= 4 is 12.2 Å². The second-order valence-corrected chi connectivity index (χ2v) is 4.13. The lowest BCUT2D eigenvalue weighted by Gasteiger charge is -2.15. The van der Waals surface area contributed by atoms with Crippen molar-refractivity contribution in [1.82, 2.24) is 16.0 Å². The first-order chi connectivity index (χ1) is 9.76. The minimum Gasteiger partial charge on any atom is -0.378 e. The number of nitrogens with one attached hydrogen (secondary N) is 3. The molecule has 3 N–H and O–H groups in total. The predicted molar refractivity (Wildman–Crippen MR) is 76.7 cm³/mol. The van der Waals surface area contributed by atoms with E-state index in [0.717, 1.165) is 12.8 Å². The Hall–Kier alpha value is -1.02. The number of hydrogen-bond donors (Lipinski definition) is 3. The van der Waals surface area contributed by atoms with E-state index in [1.165, 1.54) is 0 Å². The highest BCUT2D eigenvalue weighted by Crippen LogP contribution is 1.89. The fourth-order valence-electron chi connectivity index (χ4n) is 1.49. The average Bonchev–Trinajstić information content (AvgIpc) is 2.45. The summed E-state index contributed by atoms with van der Waals surface area (Å²) in [5.74, 6) is -0.173. The summed E-state index contributed by atoms with van der Waals surface area (Å²) < 4.78 is 10.6. The maximum Gasteiger partial charge on any atom is 0.237 e. The van der Waals surface area contributed by atoms with E-state index in [4.69, 9.17) is 9.47 Å². The molecule has 0 fully saturated rings. The number of carbonyl (C=O) groups excluding carboxylic acids is 2. The van der Waals surface area contributed by atoms with Crippen LogP contribution in [0.25, 0.3) is 0 Å². The number of hydrogen-bond acceptors (Lipinski definition) is 6. The lowest BCUT2D eigenvalue weighted by Crippen LogP contribution is -2.45. The van der Waals surface area contributed by atoms with E-state index in [2.05, 4.69) is 16.0 Å². The SMILES string of the molecule is CCN[C@@H](CC=O)C(=O)NCCOCCOCCNC. The molecule has 0 aliphatic rings. The van der Waals surface area contributed by atoms with Gasteiger partial charge in [-0.25, -0.2) is 0 Å². The molecule has 0 aliphatic carbocycles. The predicted octanol–water partition coefficient (Wildman–Crippen LogP) is -1.08. The van der Waals surface area contributed by atoms with Crippen LogP contribution in [-0.2, 0) is 19.1 Å². The zero-order valence-corrected chi connectivity index (χ0v) is 12.4. The normalized spacial score (nSPS) is 12.1. The summed E-state index contributed by atoms with van der Waals surface area (Å²) in [4.78, 5) is 22.2. The lowest BCUT2D eigenvalue weighted by atomic mass is 10.2. The largest absolute Gasteiger partial charge is 0.378 e. The van der Waals surface area contributed by atoms with Crippen LogP contribution in [0.15, 0.2) is 0 Å². The van der Waals surface area contributed by atoms with E-state index in [0.29, 0.717) is 39.5 Å². The molecular formula is C13H27N3O4. The summed E-state index contributed by atoms with van der Waals surface area (Å²) in [5, 5.41) is 8.66. The second kappa shape index (κ2) is 14.4. The van der Waals surface area contributed by atoms with Crippen LogP contribution in [0.1, 0.15) is 13.3 Å². The summed E-state index contributed by atoms with van der Waals surface area (Å²) in [7, 11) is 1.87. The molecule has 0 heterocycles. The highest BCUT2D eigenvalue weighted by atomic mass is 16.5. The van der Waals surface area contributed by atoms with Crippen LogP contribution in [0.5, 0.6) is 0 Å². The van der Waals surface area contributed by atoms with Crippen LogP contribution < -0.4 is 16.0 Å². The summed E-state index contributed by atoms with van der Waals surface area (Å²) in [5.41, 5.74) is 0. The van der Waals surface area contributed by atoms with Gasteiger partial charge in [0.2, 0.25) is 5.91 Å². The van der Waals surface area contributed by atoms with Gasteiger partial charge in [0.1, 0.15) is 6.29 Å². The molecule has 0 radical (unpaired) electrons. The minimum absolute atomic E-state index is 0.173. The highest BCUT2D eigenvalue weighted by Gasteiger charge is 2.15. The number of carbonyl (C=O) groups is 2. The maximum atomic E-state index is 11.7. The lowest BCUT2D eigenvalue weighted by molar-refractivity contribution is -0.125. The molecule has 0 spiro atoms. The monoisotopic (exact) mass is 289 g/mol. The Morgan fingerprint density at radius 1 is 1.15 bits per heavy atom. The molecule has 0 saturated heterocycles. The van der Waals surface area contributed by atoms with E-state index in [1.54, 1.807) is 0 Å². The molecule has 0 aromatic carbocycles. The van der Waals surface area contributed by atoms with Crippen molar-refractivity contribution in [2.45, 2.75) is 19.4 Å². The van der Waals surface area contributed by atoms with Gasteiger partial charge in [0.25, 0.3) is 0 Å². The number of rotatable bonds is 14. The molecule has 118 valence electrons. The molecule has 1 atom stereocenters. The van der Waals surface area contributed by atoms with E-state index < -0.39 is 6.04 Å². The van der Waals surface area contributed by atoms with Gasteiger partial charge in [-0.3, -0.25) is 4.79 Å². The van der Waals surface area contributed by atoms with Crippen molar-refractivity contribution in [3.63, 3.8) is 0 Å². The van der Waals surface area contributed by atoms with Gasteiger partial charge in [-0.1, -0.05) is 6.92 Å². The Labute approximate surface area is 120 Å². The number of amides is 1. The fraction of sp³-hybridized carbons (Fsp3) is 0.846. The molecule has 0 unspecified atom stereocenters. The van der Waals surface area contributed by atoms with Gasteiger partial charge in [-0.15, -0.1) is 0 Å². The molecule has 0 rings (SSSR count). The molecule has 0 aromatic rings. The quantitative estimate of drug-likeness (QED) is 0.278. The highest BCUT2D eigenvalue weighted by molar-refractivity contribution is 5.84. The van der Waals surface area contributed by atoms with Crippen molar-refractivity contribution in [1.29, 1.82) is 0 Å². The van der Waals surface area contributed by atoms with E-state index in [9.17, 15) is 9.59 Å². The van der Waals surface area contributed by atoms with Crippen LogP contribution in [0.4, 0.5) is 0 Å². The van der Waals surface area contributed by atoms with Crippen molar-refractivity contribution in [3.05, 3.63) is 0 Å². The second-order valence-electron chi connectivity index (χ2n) is 4.13. The third-order valence-corrected chi connectivity index (χ3v) is 2.51. The minimum atomic E-state index is -0.456. The maximum absolute atomic E-state index is 11.7. The van der Waals surface area contributed by atoms with Crippen molar-refractivity contribution in [2.24, 2.45) is 0 Å². The molecule has 20 heavy (non-hydrogen) atoms. The third-order valence-electron chi connectivity index (χ3n) is 2.51. The summed E-state index contributed by atoms with van der Waals surface area (Å²) in [6, 6.07) is -0.456. The molecule has 0 saturated carbocycles. The smallest absolute Gasteiger partial charge is 0.237 e. The Morgan fingerprint density at radius 2 is 1.80 bits per heavy atom. The van der Waals surface area contributed by atoms with Gasteiger partial charge in [0.15, 0.2) is 0 Å². The van der Waals surface area contributed by atoms with Gasteiger partial charge in [-0.2, -0.15) is 0 Å². The van der Waals surface area contributed by atoms with Gasteiger partial charge < -0.3 is 30.2 Å². The third kappa shape index (κ3) is 10.9. The zero-order chi connectivity index (χ0) is 15.1. The fourth-order valence-corrected chi connectivity index (χ4v) is 1.49. The summed E-state index contributed by atoms with van der Waals surface area (Å²) in [6.45, 7) is 5.92. The van der Waals surface area contributed by atoms with Gasteiger partial charge in [-0.05, 0) is 13.6 Å². The van der Waals surface area contributed by atoms with E-state index >= 15 is 0 Å². The van der Waals surface area contributed by atoms with Crippen LogP contribution in [0, 0.1) is 0 Å².